The third-order valence-electron chi connectivity index (χ3n) is 1.57. The summed E-state index contributed by atoms with van der Waals surface area (Å²) in [6.45, 7) is 0. The van der Waals surface area contributed by atoms with Crippen molar-refractivity contribution >= 4 is 11.7 Å². The summed E-state index contributed by atoms with van der Waals surface area (Å²) in [6, 6.07) is 7.17. The first-order valence-corrected chi connectivity index (χ1v) is 4.02. The highest BCUT2D eigenvalue weighted by atomic mass is 16.5. The Labute approximate surface area is 81.8 Å². The minimum absolute atomic E-state index is 0.762. The van der Waals surface area contributed by atoms with E-state index in [1.807, 2.05) is 0 Å². The molecule has 1 rings (SSSR count). The fourth-order valence-electron chi connectivity index (χ4n) is 0.896. The third kappa shape index (κ3) is 3.18. The van der Waals surface area contributed by atoms with Gasteiger partial charge in [-0.3, -0.25) is 0 Å². The number of hydrogen-bond donors (Lipinski definition) is 2. The lowest BCUT2D eigenvalue weighted by molar-refractivity contribution is -0.131. The Bertz CT molecular complexity index is 330. The molecule has 0 spiro atoms. The third-order valence-corrected chi connectivity index (χ3v) is 1.57. The number of carbonyl (C=O) groups is 1. The van der Waals surface area contributed by atoms with Crippen molar-refractivity contribution in [3.8, 4) is 5.75 Å². The summed E-state index contributed by atoms with van der Waals surface area (Å²) in [5.41, 5.74) is 0.809. The summed E-state index contributed by atoms with van der Waals surface area (Å²) in [6.07, 6.45) is 2.40. The molecular formula is C10H11NO3. The second-order valence-corrected chi connectivity index (χ2v) is 2.54. The second kappa shape index (κ2) is 4.91. The van der Waals surface area contributed by atoms with E-state index in [-0.39, 0.29) is 0 Å². The molecule has 0 fully saturated rings. The van der Waals surface area contributed by atoms with Gasteiger partial charge in [-0.25, -0.2) is 4.79 Å². The minimum atomic E-state index is -0.981. The van der Waals surface area contributed by atoms with Crippen LogP contribution in [0, 0.1) is 0 Å². The SMILES string of the molecule is COc1ccc(NC=CC(=O)O)cc1. The van der Waals surface area contributed by atoms with E-state index >= 15 is 0 Å². The molecule has 1 aromatic carbocycles. The van der Waals surface area contributed by atoms with Gasteiger partial charge < -0.3 is 15.2 Å². The summed E-state index contributed by atoms with van der Waals surface area (Å²) in [4.78, 5) is 10.1. The monoisotopic (exact) mass is 193 g/mol. The molecule has 0 heterocycles. The van der Waals surface area contributed by atoms with E-state index < -0.39 is 5.97 Å². The zero-order valence-corrected chi connectivity index (χ0v) is 7.73. The average Bonchev–Trinajstić information content (AvgIpc) is 2.18. The van der Waals surface area contributed by atoms with Crippen LogP contribution in [0.1, 0.15) is 0 Å². The Kier molecular flexibility index (Phi) is 3.55. The Morgan fingerprint density at radius 1 is 1.43 bits per heavy atom. The maximum atomic E-state index is 10.1. The highest BCUT2D eigenvalue weighted by molar-refractivity contribution is 5.80. The molecule has 0 aromatic heterocycles. The molecule has 0 amide bonds. The van der Waals surface area contributed by atoms with Crippen LogP contribution in [0.4, 0.5) is 5.69 Å². The summed E-state index contributed by atoms with van der Waals surface area (Å²) in [7, 11) is 1.59. The Morgan fingerprint density at radius 3 is 2.57 bits per heavy atom. The lowest BCUT2D eigenvalue weighted by atomic mass is 10.3. The summed E-state index contributed by atoms with van der Waals surface area (Å²) in [5, 5.41) is 11.1. The molecule has 14 heavy (non-hydrogen) atoms. The van der Waals surface area contributed by atoms with Gasteiger partial charge in [-0.1, -0.05) is 0 Å². The number of carboxylic acids is 1. The molecule has 0 atom stereocenters. The Morgan fingerprint density at radius 2 is 2.07 bits per heavy atom. The van der Waals surface area contributed by atoms with Crippen molar-refractivity contribution in [3.63, 3.8) is 0 Å². The number of aliphatic carboxylic acids is 1. The zero-order chi connectivity index (χ0) is 10.4. The van der Waals surface area contributed by atoms with Crippen molar-refractivity contribution in [1.29, 1.82) is 0 Å². The molecular weight excluding hydrogens is 182 g/mol. The van der Waals surface area contributed by atoms with Crippen molar-refractivity contribution in [2.75, 3.05) is 12.4 Å². The van der Waals surface area contributed by atoms with E-state index in [1.54, 1.807) is 31.4 Å². The highest BCUT2D eigenvalue weighted by Crippen LogP contribution is 2.14. The van der Waals surface area contributed by atoms with Gasteiger partial charge in [-0.2, -0.15) is 0 Å². The van der Waals surface area contributed by atoms with Gasteiger partial charge in [-0.15, -0.1) is 0 Å². The predicted octanol–water partition coefficient (Wildman–Crippen LogP) is 1.71. The first-order valence-electron chi connectivity index (χ1n) is 4.02. The van der Waals surface area contributed by atoms with Crippen LogP contribution in [0.5, 0.6) is 5.75 Å². The average molecular weight is 193 g/mol. The van der Waals surface area contributed by atoms with Gasteiger partial charge in [0, 0.05) is 18.0 Å². The van der Waals surface area contributed by atoms with E-state index in [1.165, 1.54) is 6.20 Å². The van der Waals surface area contributed by atoms with E-state index in [9.17, 15) is 4.79 Å². The van der Waals surface area contributed by atoms with Crippen LogP contribution in [0.2, 0.25) is 0 Å². The predicted molar refractivity (Wildman–Crippen MR) is 53.4 cm³/mol. The number of methoxy groups -OCH3 is 1. The number of hydrogen-bond acceptors (Lipinski definition) is 3. The van der Waals surface area contributed by atoms with Gasteiger partial charge in [-0.05, 0) is 24.3 Å². The lowest BCUT2D eigenvalue weighted by Crippen LogP contribution is -1.92. The van der Waals surface area contributed by atoms with Crippen LogP contribution in [-0.2, 0) is 4.79 Å². The molecule has 2 N–H and O–H groups in total. The number of carboxylic acid groups (broad SMARTS) is 1. The van der Waals surface area contributed by atoms with Crippen molar-refractivity contribution in [3.05, 3.63) is 36.5 Å². The molecule has 4 nitrogen and oxygen atoms in total. The van der Waals surface area contributed by atoms with Crippen LogP contribution < -0.4 is 10.1 Å². The number of rotatable bonds is 4. The molecule has 0 bridgehead atoms. The number of ether oxygens (including phenoxy) is 1. The van der Waals surface area contributed by atoms with Crippen molar-refractivity contribution in [2.45, 2.75) is 0 Å². The fraction of sp³-hybridized carbons (Fsp3) is 0.100. The van der Waals surface area contributed by atoms with Crippen molar-refractivity contribution in [2.24, 2.45) is 0 Å². The first kappa shape index (κ1) is 10.1. The lowest BCUT2D eigenvalue weighted by Gasteiger charge is -2.02. The first-order chi connectivity index (χ1) is 6.72. The molecule has 0 aliphatic carbocycles. The van der Waals surface area contributed by atoms with Gasteiger partial charge in [0.1, 0.15) is 5.75 Å². The van der Waals surface area contributed by atoms with Crippen LogP contribution in [-0.4, -0.2) is 18.2 Å². The summed E-state index contributed by atoms with van der Waals surface area (Å²) in [5.74, 6) is -0.219. The van der Waals surface area contributed by atoms with Crippen LogP contribution in [0.15, 0.2) is 36.5 Å². The van der Waals surface area contributed by atoms with Crippen LogP contribution in [0.25, 0.3) is 0 Å². The summed E-state index contributed by atoms with van der Waals surface area (Å²) >= 11 is 0. The number of anilines is 1. The van der Waals surface area contributed by atoms with E-state index in [0.29, 0.717) is 0 Å². The molecule has 1 aromatic rings. The number of nitrogens with one attached hydrogen (secondary N) is 1. The van der Waals surface area contributed by atoms with Crippen LogP contribution >= 0.6 is 0 Å². The minimum Gasteiger partial charge on any atom is -0.497 e. The maximum absolute atomic E-state index is 10.1. The zero-order valence-electron chi connectivity index (χ0n) is 7.73. The maximum Gasteiger partial charge on any atom is 0.329 e. The van der Waals surface area contributed by atoms with Gasteiger partial charge >= 0.3 is 5.97 Å². The van der Waals surface area contributed by atoms with E-state index in [4.69, 9.17) is 9.84 Å². The molecule has 0 radical (unpaired) electrons. The Balaban J connectivity index is 2.56. The Hall–Kier alpha value is -1.97. The van der Waals surface area contributed by atoms with E-state index in [2.05, 4.69) is 5.32 Å². The number of benzene rings is 1. The fourth-order valence-corrected chi connectivity index (χ4v) is 0.896. The summed E-state index contributed by atoms with van der Waals surface area (Å²) < 4.78 is 4.97. The van der Waals surface area contributed by atoms with Gasteiger partial charge in [0.15, 0.2) is 0 Å². The highest BCUT2D eigenvalue weighted by Gasteiger charge is 1.91. The molecule has 0 unspecified atom stereocenters. The smallest absolute Gasteiger partial charge is 0.329 e. The normalized spacial score (nSPS) is 10.1. The van der Waals surface area contributed by atoms with Gasteiger partial charge in [0.25, 0.3) is 0 Å². The van der Waals surface area contributed by atoms with Crippen LogP contribution in [0.3, 0.4) is 0 Å². The molecule has 4 heteroatoms. The second-order valence-electron chi connectivity index (χ2n) is 2.54. The molecule has 74 valence electrons. The molecule has 0 aliphatic rings. The standard InChI is InChI=1S/C10H11NO3/c1-14-9-4-2-8(3-5-9)11-7-6-10(12)13/h2-7,11H,1H3,(H,12,13). The van der Waals surface area contributed by atoms with Crippen molar-refractivity contribution < 1.29 is 14.6 Å². The quantitative estimate of drug-likeness (QED) is 0.714. The topological polar surface area (TPSA) is 58.6 Å². The van der Waals surface area contributed by atoms with Gasteiger partial charge in [0.05, 0.1) is 7.11 Å². The van der Waals surface area contributed by atoms with Gasteiger partial charge in [0.2, 0.25) is 0 Å². The molecule has 0 saturated carbocycles. The van der Waals surface area contributed by atoms with E-state index in [0.717, 1.165) is 17.5 Å². The van der Waals surface area contributed by atoms with Crippen molar-refractivity contribution in [1.82, 2.24) is 0 Å². The molecule has 0 saturated heterocycles. The largest absolute Gasteiger partial charge is 0.497 e. The molecule has 0 aliphatic heterocycles.